The van der Waals surface area contributed by atoms with Gasteiger partial charge in [-0.15, -0.1) is 6.58 Å². The van der Waals surface area contributed by atoms with Gasteiger partial charge in [0.2, 0.25) is 0 Å². The highest BCUT2D eigenvalue weighted by Gasteiger charge is 2.26. The minimum atomic E-state index is 0.108. The topological polar surface area (TPSA) is 55.8 Å². The maximum absolute atomic E-state index is 12.6. The molecule has 1 fully saturated rings. The van der Waals surface area contributed by atoms with E-state index in [4.69, 9.17) is 9.47 Å². The summed E-state index contributed by atoms with van der Waals surface area (Å²) in [7, 11) is 4.20. The summed E-state index contributed by atoms with van der Waals surface area (Å²) in [5, 5.41) is 0. The molecular weight excluding hydrogens is 440 g/mol. The van der Waals surface area contributed by atoms with Gasteiger partial charge in [0.25, 0.3) is 5.91 Å². The predicted molar refractivity (Wildman–Crippen MR) is 139 cm³/mol. The van der Waals surface area contributed by atoms with Gasteiger partial charge in [0, 0.05) is 37.1 Å². The molecule has 1 heterocycles. The lowest BCUT2D eigenvalue weighted by Crippen LogP contribution is -2.48. The van der Waals surface area contributed by atoms with Crippen LogP contribution in [0.1, 0.15) is 48.5 Å². The number of Topliss-reactive ketones (excluding diaryl/α,β-unsaturated/α-hetero) is 1. The molecule has 0 atom stereocenters. The van der Waals surface area contributed by atoms with Crippen molar-refractivity contribution in [3.63, 3.8) is 0 Å². The van der Waals surface area contributed by atoms with Crippen molar-refractivity contribution in [3.8, 4) is 17.2 Å². The average Bonchev–Trinajstić information content (AvgIpc) is 3.38. The van der Waals surface area contributed by atoms with Gasteiger partial charge < -0.3 is 18.9 Å². The molecule has 0 radical (unpaired) electrons. The molecule has 3 rings (SSSR count). The second-order valence-electron chi connectivity index (χ2n) is 9.75. The number of hydrogen-bond acceptors (Lipinski definition) is 4. The first-order valence-corrected chi connectivity index (χ1v) is 12.6. The molecule has 0 spiro atoms. The number of likely N-dealkylation sites (tertiary alicyclic amines) is 1. The number of likely N-dealkylation sites (N-methyl/N-ethyl adjacent to an activating group) is 1. The van der Waals surface area contributed by atoms with E-state index in [0.717, 1.165) is 44.5 Å². The number of carbonyl (C=O) groups is 2. The normalized spacial score (nSPS) is 13.5. The van der Waals surface area contributed by atoms with E-state index in [2.05, 4.69) is 20.7 Å². The second kappa shape index (κ2) is 12.5. The molecule has 1 amide bonds. The zero-order chi connectivity index (χ0) is 25.3. The Morgan fingerprint density at radius 2 is 1.80 bits per heavy atom. The van der Waals surface area contributed by atoms with Crippen molar-refractivity contribution < 1.29 is 23.5 Å². The highest BCUT2D eigenvalue weighted by Crippen LogP contribution is 2.35. The molecule has 0 bridgehead atoms. The van der Waals surface area contributed by atoms with Gasteiger partial charge in [-0.05, 0) is 49.6 Å². The van der Waals surface area contributed by atoms with Crippen molar-refractivity contribution in [2.24, 2.45) is 0 Å². The number of benzene rings is 2. The summed E-state index contributed by atoms with van der Waals surface area (Å²) in [6, 6.07) is 13.1. The fourth-order valence-electron chi connectivity index (χ4n) is 4.34. The lowest BCUT2D eigenvalue weighted by atomic mass is 10.1. The first kappa shape index (κ1) is 26.5. The van der Waals surface area contributed by atoms with Gasteiger partial charge in [-0.1, -0.05) is 25.1 Å². The molecule has 6 nitrogen and oxygen atoms in total. The van der Waals surface area contributed by atoms with Gasteiger partial charge >= 0.3 is 0 Å². The van der Waals surface area contributed by atoms with Gasteiger partial charge in [-0.25, -0.2) is 0 Å². The quantitative estimate of drug-likeness (QED) is 0.170. The van der Waals surface area contributed by atoms with E-state index in [1.54, 1.807) is 12.1 Å². The van der Waals surface area contributed by atoms with Gasteiger partial charge in [0.15, 0.2) is 23.8 Å². The Balaban J connectivity index is 1.62. The molecule has 1 aliphatic heterocycles. The van der Waals surface area contributed by atoms with E-state index in [-0.39, 0.29) is 11.7 Å². The number of allylic oxidation sites excluding steroid dienone is 1. The first-order chi connectivity index (χ1) is 16.8. The van der Waals surface area contributed by atoms with Crippen LogP contribution in [-0.2, 0) is 11.2 Å². The van der Waals surface area contributed by atoms with Gasteiger partial charge in [0.1, 0.15) is 5.75 Å². The van der Waals surface area contributed by atoms with Crippen LogP contribution >= 0.6 is 0 Å². The van der Waals surface area contributed by atoms with Crippen LogP contribution < -0.4 is 9.47 Å². The summed E-state index contributed by atoms with van der Waals surface area (Å²) in [4.78, 5) is 26.4. The molecule has 188 valence electrons. The minimum absolute atomic E-state index is 0.108. The Morgan fingerprint density at radius 3 is 2.46 bits per heavy atom. The Hall–Kier alpha value is -3.12. The average molecular weight is 480 g/mol. The van der Waals surface area contributed by atoms with Crippen LogP contribution in [0.4, 0.5) is 0 Å². The van der Waals surface area contributed by atoms with Gasteiger partial charge in [-0.2, -0.15) is 0 Å². The molecule has 0 saturated carbocycles. The van der Waals surface area contributed by atoms with Crippen molar-refractivity contribution >= 4 is 11.7 Å². The summed E-state index contributed by atoms with van der Waals surface area (Å²) in [6.07, 6.45) is 6.04. The largest absolute Gasteiger partial charge is 0.489 e. The molecule has 35 heavy (non-hydrogen) atoms. The fourth-order valence-corrected chi connectivity index (χ4v) is 4.34. The number of hydrogen-bond donors (Lipinski definition) is 0. The Labute approximate surface area is 209 Å². The maximum atomic E-state index is 12.6. The van der Waals surface area contributed by atoms with Crippen LogP contribution in [0, 0.1) is 0 Å². The third kappa shape index (κ3) is 7.69. The maximum Gasteiger partial charge on any atom is 0.277 e. The van der Waals surface area contributed by atoms with Crippen molar-refractivity contribution in [2.45, 2.75) is 39.0 Å². The van der Waals surface area contributed by atoms with Gasteiger partial charge in [0.05, 0.1) is 27.2 Å². The fraction of sp³-hybridized carbons (Fsp3) is 0.448. The summed E-state index contributed by atoms with van der Waals surface area (Å²) >= 11 is 0. The molecule has 2 aromatic carbocycles. The van der Waals surface area contributed by atoms with Crippen LogP contribution in [0.3, 0.4) is 0 Å². The third-order valence-corrected chi connectivity index (χ3v) is 6.33. The zero-order valence-electron chi connectivity index (χ0n) is 21.4. The van der Waals surface area contributed by atoms with Crippen molar-refractivity contribution in [3.05, 3.63) is 66.2 Å². The van der Waals surface area contributed by atoms with Crippen LogP contribution in [0.15, 0.2) is 55.1 Å². The lowest BCUT2D eigenvalue weighted by molar-refractivity contribution is -0.882. The SMILES string of the molecule is C=CCc1cccc(Oc2ccc(C(=O)CC)cc2)c1OCCC[N+](C)(C)CC(=O)N1CCCC1. The lowest BCUT2D eigenvalue weighted by Gasteiger charge is -2.31. The number of ether oxygens (including phenoxy) is 2. The van der Waals surface area contributed by atoms with Crippen LogP contribution in [-0.4, -0.2) is 68.0 Å². The monoisotopic (exact) mass is 479 g/mol. The molecule has 1 aliphatic rings. The Kier molecular flexibility index (Phi) is 9.49. The van der Waals surface area contributed by atoms with Crippen molar-refractivity contribution in [2.75, 3.05) is 46.9 Å². The first-order valence-electron chi connectivity index (χ1n) is 12.6. The van der Waals surface area contributed by atoms with Crippen LogP contribution in [0.2, 0.25) is 0 Å². The number of quaternary nitrogens is 1. The molecule has 0 aromatic heterocycles. The zero-order valence-corrected chi connectivity index (χ0v) is 21.4. The van der Waals surface area contributed by atoms with E-state index >= 15 is 0 Å². The van der Waals surface area contributed by atoms with Gasteiger partial charge in [-0.3, -0.25) is 9.59 Å². The smallest absolute Gasteiger partial charge is 0.277 e. The second-order valence-corrected chi connectivity index (χ2v) is 9.75. The Morgan fingerprint density at radius 1 is 1.09 bits per heavy atom. The number of nitrogens with zero attached hydrogens (tertiary/aromatic N) is 2. The highest BCUT2D eigenvalue weighted by molar-refractivity contribution is 5.95. The summed E-state index contributed by atoms with van der Waals surface area (Å²) in [6.45, 7) is 9.38. The standard InChI is InChI=1S/C29H39N2O4/c1-5-11-24-12-9-13-27(35-25-16-14-23(15-17-25)26(32)6-2)29(24)34-21-10-20-31(3,4)22-28(33)30-18-7-8-19-30/h5,9,12-17H,1,6-8,10-11,18-22H2,2-4H3/q+1. The van der Waals surface area contributed by atoms with Crippen LogP contribution in [0.25, 0.3) is 0 Å². The number of ketones is 1. The van der Waals surface area contributed by atoms with E-state index < -0.39 is 0 Å². The van der Waals surface area contributed by atoms with E-state index in [9.17, 15) is 9.59 Å². The number of rotatable bonds is 13. The molecule has 0 aliphatic carbocycles. The van der Waals surface area contributed by atoms with Crippen molar-refractivity contribution in [1.29, 1.82) is 0 Å². The number of para-hydroxylation sites is 1. The summed E-state index contributed by atoms with van der Waals surface area (Å²) in [5.74, 6) is 2.34. The molecular formula is C29H39N2O4+. The van der Waals surface area contributed by atoms with E-state index in [1.165, 1.54) is 0 Å². The number of carbonyl (C=O) groups excluding carboxylic acids is 2. The third-order valence-electron chi connectivity index (χ3n) is 6.33. The van der Waals surface area contributed by atoms with E-state index in [1.807, 2.05) is 48.2 Å². The molecule has 1 saturated heterocycles. The summed E-state index contributed by atoms with van der Waals surface area (Å²) < 4.78 is 13.0. The van der Waals surface area contributed by atoms with E-state index in [0.29, 0.717) is 53.3 Å². The minimum Gasteiger partial charge on any atom is -0.489 e. The van der Waals surface area contributed by atoms with Crippen molar-refractivity contribution in [1.82, 2.24) is 4.90 Å². The molecule has 0 unspecified atom stereocenters. The highest BCUT2D eigenvalue weighted by atomic mass is 16.5. The molecule has 0 N–H and O–H groups in total. The Bertz CT molecular complexity index is 1010. The molecule has 6 heteroatoms. The molecule has 2 aromatic rings. The predicted octanol–water partition coefficient (Wildman–Crippen LogP) is 5.27. The summed E-state index contributed by atoms with van der Waals surface area (Å²) in [5.41, 5.74) is 1.69. The van der Waals surface area contributed by atoms with Crippen LogP contribution in [0.5, 0.6) is 17.2 Å². The number of amides is 1.